The summed E-state index contributed by atoms with van der Waals surface area (Å²) in [5, 5.41) is 12.9. The number of halogens is 2. The first-order valence-corrected chi connectivity index (χ1v) is 9.47. The highest BCUT2D eigenvalue weighted by Gasteiger charge is 2.12. The Labute approximate surface area is 178 Å². The Balaban J connectivity index is 1.78. The predicted octanol–water partition coefficient (Wildman–Crippen LogP) is 6.20. The van der Waals surface area contributed by atoms with E-state index in [0.717, 1.165) is 5.56 Å². The zero-order chi connectivity index (χ0) is 20.8. The van der Waals surface area contributed by atoms with E-state index in [0.29, 0.717) is 39.6 Å². The van der Waals surface area contributed by atoms with Gasteiger partial charge in [-0.1, -0.05) is 29.3 Å². The highest BCUT2D eigenvalue weighted by Crippen LogP contribution is 2.30. The molecule has 146 valence electrons. The van der Waals surface area contributed by atoms with E-state index < -0.39 is 5.91 Å². The van der Waals surface area contributed by atoms with Crippen molar-refractivity contribution in [2.75, 3.05) is 11.9 Å². The first-order valence-electron chi connectivity index (χ1n) is 8.71. The monoisotopic (exact) mass is 426 g/mol. The minimum Gasteiger partial charge on any atom is -0.494 e. The van der Waals surface area contributed by atoms with Gasteiger partial charge < -0.3 is 14.5 Å². The highest BCUT2D eigenvalue weighted by atomic mass is 35.5. The second-order valence-corrected chi connectivity index (χ2v) is 6.73. The van der Waals surface area contributed by atoms with Gasteiger partial charge in [-0.2, -0.15) is 5.26 Å². The number of rotatable bonds is 6. The van der Waals surface area contributed by atoms with E-state index in [1.165, 1.54) is 6.08 Å². The van der Waals surface area contributed by atoms with Crippen molar-refractivity contribution in [3.8, 4) is 23.1 Å². The summed E-state index contributed by atoms with van der Waals surface area (Å²) < 4.78 is 11.1. The molecule has 29 heavy (non-hydrogen) atoms. The van der Waals surface area contributed by atoms with Crippen molar-refractivity contribution >= 4 is 40.9 Å². The molecule has 0 spiro atoms. The number of hydrogen-bond donors (Lipinski definition) is 1. The molecule has 0 bridgehead atoms. The van der Waals surface area contributed by atoms with Crippen LogP contribution in [0.25, 0.3) is 17.4 Å². The molecule has 1 amide bonds. The summed E-state index contributed by atoms with van der Waals surface area (Å²) in [7, 11) is 0. The fourth-order valence-electron chi connectivity index (χ4n) is 2.55. The fraction of sp³-hybridized carbons (Fsp3) is 0.0909. The molecule has 0 aliphatic rings. The molecular weight excluding hydrogens is 411 g/mol. The Bertz CT molecular complexity index is 1110. The molecule has 0 radical (unpaired) electrons. The molecule has 2 aromatic carbocycles. The SMILES string of the molecule is CCOc1cccc(NC(=O)/C(C#N)=C/c2ccc(-c3ccc(Cl)c(Cl)c3)o2)c1. The molecule has 1 aromatic heterocycles. The molecule has 0 fully saturated rings. The fourth-order valence-corrected chi connectivity index (χ4v) is 2.85. The zero-order valence-electron chi connectivity index (χ0n) is 15.4. The topological polar surface area (TPSA) is 75.3 Å². The van der Waals surface area contributed by atoms with E-state index in [9.17, 15) is 10.1 Å². The summed E-state index contributed by atoms with van der Waals surface area (Å²) in [4.78, 5) is 12.5. The van der Waals surface area contributed by atoms with Crippen LogP contribution in [0, 0.1) is 11.3 Å². The molecule has 1 heterocycles. The van der Waals surface area contributed by atoms with Gasteiger partial charge in [0.1, 0.15) is 28.9 Å². The number of benzene rings is 2. The van der Waals surface area contributed by atoms with Crippen LogP contribution in [0.1, 0.15) is 12.7 Å². The van der Waals surface area contributed by atoms with E-state index >= 15 is 0 Å². The third-order valence-corrected chi connectivity index (χ3v) is 4.62. The van der Waals surface area contributed by atoms with E-state index in [1.54, 1.807) is 54.6 Å². The molecule has 0 saturated carbocycles. The first kappa shape index (κ1) is 20.5. The molecule has 5 nitrogen and oxygen atoms in total. The van der Waals surface area contributed by atoms with Crippen LogP contribution in [0.3, 0.4) is 0 Å². The highest BCUT2D eigenvalue weighted by molar-refractivity contribution is 6.42. The Morgan fingerprint density at radius 3 is 2.72 bits per heavy atom. The maximum Gasteiger partial charge on any atom is 0.266 e. The average Bonchev–Trinajstić information content (AvgIpc) is 3.17. The van der Waals surface area contributed by atoms with Gasteiger partial charge in [0.2, 0.25) is 0 Å². The average molecular weight is 427 g/mol. The standard InChI is InChI=1S/C22H16Cl2N2O3/c1-2-28-17-5-3-4-16(12-17)26-22(27)15(13-25)10-18-7-9-21(29-18)14-6-8-19(23)20(24)11-14/h3-12H,2H2,1H3,(H,26,27)/b15-10+. The minimum absolute atomic E-state index is 0.0955. The van der Waals surface area contributed by atoms with Gasteiger partial charge in [-0.25, -0.2) is 0 Å². The van der Waals surface area contributed by atoms with E-state index in [4.69, 9.17) is 32.4 Å². The van der Waals surface area contributed by atoms with Crippen molar-refractivity contribution in [3.63, 3.8) is 0 Å². The second kappa shape index (κ2) is 9.33. The third-order valence-electron chi connectivity index (χ3n) is 3.89. The molecule has 0 saturated heterocycles. The van der Waals surface area contributed by atoms with Crippen molar-refractivity contribution < 1.29 is 13.9 Å². The Morgan fingerprint density at radius 2 is 2.00 bits per heavy atom. The van der Waals surface area contributed by atoms with Crippen LogP contribution in [-0.2, 0) is 4.79 Å². The summed E-state index contributed by atoms with van der Waals surface area (Å²) in [6.45, 7) is 2.39. The van der Waals surface area contributed by atoms with Crippen LogP contribution in [0.15, 0.2) is 64.6 Å². The van der Waals surface area contributed by atoms with E-state index in [1.807, 2.05) is 13.0 Å². The summed E-state index contributed by atoms with van der Waals surface area (Å²) >= 11 is 12.0. The van der Waals surface area contributed by atoms with Crippen molar-refractivity contribution in [1.29, 1.82) is 5.26 Å². The van der Waals surface area contributed by atoms with Gasteiger partial charge in [-0.05, 0) is 49.4 Å². The maximum atomic E-state index is 12.5. The Morgan fingerprint density at radius 1 is 1.17 bits per heavy atom. The summed E-state index contributed by atoms with van der Waals surface area (Å²) in [5.74, 6) is 0.983. The smallest absolute Gasteiger partial charge is 0.266 e. The lowest BCUT2D eigenvalue weighted by atomic mass is 10.2. The van der Waals surface area contributed by atoms with Gasteiger partial charge in [0, 0.05) is 23.4 Å². The number of ether oxygens (including phenoxy) is 1. The van der Waals surface area contributed by atoms with Crippen molar-refractivity contribution in [2.24, 2.45) is 0 Å². The molecule has 7 heteroatoms. The lowest BCUT2D eigenvalue weighted by Gasteiger charge is -2.07. The molecule has 0 aliphatic carbocycles. The molecule has 3 aromatic rings. The summed E-state index contributed by atoms with van der Waals surface area (Å²) in [6, 6.07) is 17.3. The molecule has 0 unspecified atom stereocenters. The van der Waals surface area contributed by atoms with Gasteiger partial charge in [0.25, 0.3) is 5.91 Å². The number of carbonyl (C=O) groups excluding carboxylic acids is 1. The number of hydrogen-bond acceptors (Lipinski definition) is 4. The molecule has 0 aliphatic heterocycles. The molecular formula is C22H16Cl2N2O3. The lowest BCUT2D eigenvalue weighted by molar-refractivity contribution is -0.112. The minimum atomic E-state index is -0.548. The van der Waals surface area contributed by atoms with Crippen LogP contribution < -0.4 is 10.1 Å². The van der Waals surface area contributed by atoms with Crippen molar-refractivity contribution in [1.82, 2.24) is 0 Å². The Kier molecular flexibility index (Phi) is 6.61. The second-order valence-electron chi connectivity index (χ2n) is 5.92. The van der Waals surface area contributed by atoms with Crippen LogP contribution in [0.2, 0.25) is 10.0 Å². The van der Waals surface area contributed by atoms with Crippen LogP contribution in [0.5, 0.6) is 5.75 Å². The molecule has 3 rings (SSSR count). The van der Waals surface area contributed by atoms with Crippen molar-refractivity contribution in [3.05, 3.63) is 76.0 Å². The Hall–Kier alpha value is -3.20. The van der Waals surface area contributed by atoms with Gasteiger partial charge >= 0.3 is 0 Å². The number of nitrogens with one attached hydrogen (secondary N) is 1. The van der Waals surface area contributed by atoms with Gasteiger partial charge in [0.15, 0.2) is 0 Å². The summed E-state index contributed by atoms with van der Waals surface area (Å²) in [5.41, 5.74) is 1.16. The third kappa shape index (κ3) is 5.20. The van der Waals surface area contributed by atoms with Gasteiger partial charge in [0.05, 0.1) is 16.7 Å². The van der Waals surface area contributed by atoms with Gasteiger partial charge in [-0.15, -0.1) is 0 Å². The van der Waals surface area contributed by atoms with E-state index in [-0.39, 0.29) is 5.57 Å². The number of anilines is 1. The largest absolute Gasteiger partial charge is 0.494 e. The number of furan rings is 1. The normalized spacial score (nSPS) is 11.0. The maximum absolute atomic E-state index is 12.5. The quantitative estimate of drug-likeness (QED) is 0.376. The first-order chi connectivity index (χ1) is 14.0. The van der Waals surface area contributed by atoms with Crippen LogP contribution in [-0.4, -0.2) is 12.5 Å². The number of amides is 1. The predicted molar refractivity (Wildman–Crippen MR) is 114 cm³/mol. The number of nitriles is 1. The molecule has 0 atom stereocenters. The lowest BCUT2D eigenvalue weighted by Crippen LogP contribution is -2.13. The molecule has 1 N–H and O–H groups in total. The van der Waals surface area contributed by atoms with Crippen LogP contribution >= 0.6 is 23.2 Å². The van der Waals surface area contributed by atoms with Crippen molar-refractivity contribution in [2.45, 2.75) is 6.92 Å². The number of nitrogens with zero attached hydrogens (tertiary/aromatic N) is 1. The zero-order valence-corrected chi connectivity index (χ0v) is 16.9. The van der Waals surface area contributed by atoms with Crippen LogP contribution in [0.4, 0.5) is 5.69 Å². The summed E-state index contributed by atoms with van der Waals surface area (Å²) in [6.07, 6.45) is 1.38. The van der Waals surface area contributed by atoms with Gasteiger partial charge in [-0.3, -0.25) is 4.79 Å². The van der Waals surface area contributed by atoms with E-state index in [2.05, 4.69) is 5.32 Å². The number of carbonyl (C=O) groups is 1.